The fourth-order valence-corrected chi connectivity index (χ4v) is 3.51. The summed E-state index contributed by atoms with van der Waals surface area (Å²) in [5, 5.41) is 9.04. The van der Waals surface area contributed by atoms with Crippen LogP contribution in [0, 0.1) is 5.92 Å². The number of benzene rings is 1. The van der Waals surface area contributed by atoms with E-state index in [0.717, 1.165) is 28.3 Å². The van der Waals surface area contributed by atoms with Gasteiger partial charge in [0.2, 0.25) is 0 Å². The predicted molar refractivity (Wildman–Crippen MR) is 78.9 cm³/mol. The Balaban J connectivity index is 1.96. The van der Waals surface area contributed by atoms with Crippen molar-refractivity contribution in [3.05, 3.63) is 33.2 Å². The van der Waals surface area contributed by atoms with Crippen molar-refractivity contribution in [2.24, 2.45) is 5.92 Å². The summed E-state index contributed by atoms with van der Waals surface area (Å²) in [5.41, 5.74) is 1.56. The third-order valence-corrected chi connectivity index (χ3v) is 4.77. The zero-order valence-corrected chi connectivity index (χ0v) is 12.4. The predicted octanol–water partition coefficient (Wildman–Crippen LogP) is 2.91. The quantitative estimate of drug-likeness (QED) is 0.883. The van der Waals surface area contributed by atoms with Gasteiger partial charge in [-0.1, -0.05) is 6.07 Å². The minimum Gasteiger partial charge on any atom is -0.481 e. The van der Waals surface area contributed by atoms with Crippen molar-refractivity contribution in [3.8, 4) is 0 Å². The molecule has 1 saturated carbocycles. The van der Waals surface area contributed by atoms with Crippen LogP contribution in [0.15, 0.2) is 27.5 Å². The molecule has 1 heterocycles. The number of halogens is 1. The van der Waals surface area contributed by atoms with E-state index in [1.54, 1.807) is 4.57 Å². The first kappa shape index (κ1) is 13.4. The van der Waals surface area contributed by atoms with Crippen molar-refractivity contribution in [2.45, 2.75) is 31.7 Å². The number of imidazole rings is 1. The van der Waals surface area contributed by atoms with E-state index in [1.165, 1.54) is 0 Å². The third kappa shape index (κ3) is 2.18. The molecule has 0 bridgehead atoms. The number of fused-ring (bicyclic) bond motifs is 1. The van der Waals surface area contributed by atoms with Gasteiger partial charge in [0.05, 0.1) is 17.0 Å². The summed E-state index contributed by atoms with van der Waals surface area (Å²) < 4.78 is 2.64. The lowest BCUT2D eigenvalue weighted by atomic mass is 9.86. The second-order valence-corrected chi connectivity index (χ2v) is 6.13. The Morgan fingerprint density at radius 1 is 1.30 bits per heavy atom. The molecule has 3 rings (SSSR count). The number of aromatic amines is 1. The van der Waals surface area contributed by atoms with Crippen LogP contribution in [0.2, 0.25) is 0 Å². The van der Waals surface area contributed by atoms with Gasteiger partial charge in [-0.25, -0.2) is 4.79 Å². The molecule has 1 fully saturated rings. The first-order valence-corrected chi connectivity index (χ1v) is 7.48. The molecule has 0 spiro atoms. The largest absolute Gasteiger partial charge is 0.481 e. The molecule has 1 aliphatic rings. The van der Waals surface area contributed by atoms with Gasteiger partial charge in [-0.2, -0.15) is 0 Å². The van der Waals surface area contributed by atoms with Crippen molar-refractivity contribution in [3.63, 3.8) is 0 Å². The van der Waals surface area contributed by atoms with Gasteiger partial charge in [0.25, 0.3) is 0 Å². The highest BCUT2D eigenvalue weighted by atomic mass is 79.9. The molecule has 0 unspecified atom stereocenters. The zero-order chi connectivity index (χ0) is 14.3. The van der Waals surface area contributed by atoms with Crippen molar-refractivity contribution >= 4 is 32.9 Å². The lowest BCUT2D eigenvalue weighted by Crippen LogP contribution is -2.28. The molecule has 0 radical (unpaired) electrons. The van der Waals surface area contributed by atoms with Crippen LogP contribution in [0.1, 0.15) is 31.7 Å². The monoisotopic (exact) mass is 338 g/mol. The number of rotatable bonds is 2. The number of hydrogen-bond acceptors (Lipinski definition) is 2. The van der Waals surface area contributed by atoms with Gasteiger partial charge in [0, 0.05) is 10.5 Å². The molecule has 1 aliphatic carbocycles. The number of H-pyrrole nitrogens is 1. The summed E-state index contributed by atoms with van der Waals surface area (Å²) in [6.45, 7) is 0. The fraction of sp³-hybridized carbons (Fsp3) is 0.429. The molecule has 5 nitrogen and oxygen atoms in total. The Labute approximate surface area is 123 Å². The summed E-state index contributed by atoms with van der Waals surface area (Å²) >= 11 is 3.44. The maximum Gasteiger partial charge on any atom is 0.326 e. The fourth-order valence-electron chi connectivity index (χ4n) is 3.06. The lowest BCUT2D eigenvalue weighted by molar-refractivity contribution is -0.143. The molecule has 0 amide bonds. The molecule has 0 aliphatic heterocycles. The Bertz CT molecular complexity index is 711. The van der Waals surface area contributed by atoms with Gasteiger partial charge in [0.15, 0.2) is 0 Å². The summed E-state index contributed by atoms with van der Waals surface area (Å²) in [4.78, 5) is 26.0. The van der Waals surface area contributed by atoms with Crippen LogP contribution >= 0.6 is 15.9 Å². The minimum absolute atomic E-state index is 0.0844. The van der Waals surface area contributed by atoms with E-state index in [2.05, 4.69) is 20.9 Å². The van der Waals surface area contributed by atoms with E-state index in [9.17, 15) is 9.59 Å². The maximum absolute atomic E-state index is 12.2. The van der Waals surface area contributed by atoms with E-state index in [-0.39, 0.29) is 17.6 Å². The van der Waals surface area contributed by atoms with Crippen LogP contribution in [0.4, 0.5) is 0 Å². The standard InChI is InChI=1S/C14H15BrN2O3/c15-10-2-1-3-11-12(10)16-14(20)17(11)9-6-4-8(5-7-9)13(18)19/h1-3,8-9H,4-7H2,(H,16,20)(H,18,19)/t8-,9+. The van der Waals surface area contributed by atoms with Crippen molar-refractivity contribution < 1.29 is 9.90 Å². The summed E-state index contributed by atoms with van der Waals surface area (Å²) in [7, 11) is 0. The van der Waals surface area contributed by atoms with Crippen molar-refractivity contribution in [2.75, 3.05) is 0 Å². The number of hydrogen-bond donors (Lipinski definition) is 2. The Kier molecular flexibility index (Phi) is 3.41. The Morgan fingerprint density at radius 3 is 2.65 bits per heavy atom. The van der Waals surface area contributed by atoms with E-state index >= 15 is 0 Å². The van der Waals surface area contributed by atoms with Gasteiger partial charge in [-0.3, -0.25) is 9.36 Å². The van der Waals surface area contributed by atoms with Gasteiger partial charge >= 0.3 is 11.7 Å². The lowest BCUT2D eigenvalue weighted by Gasteiger charge is -2.27. The van der Waals surface area contributed by atoms with E-state index < -0.39 is 5.97 Å². The smallest absolute Gasteiger partial charge is 0.326 e. The van der Waals surface area contributed by atoms with Crippen LogP contribution in [0.25, 0.3) is 11.0 Å². The molecular formula is C14H15BrN2O3. The van der Waals surface area contributed by atoms with Crippen LogP contribution in [0.3, 0.4) is 0 Å². The highest BCUT2D eigenvalue weighted by Gasteiger charge is 2.28. The number of carboxylic acids is 1. The van der Waals surface area contributed by atoms with Gasteiger partial charge < -0.3 is 10.1 Å². The van der Waals surface area contributed by atoms with Gasteiger partial charge in [-0.15, -0.1) is 0 Å². The highest BCUT2D eigenvalue weighted by Crippen LogP contribution is 2.34. The van der Waals surface area contributed by atoms with E-state index in [4.69, 9.17) is 5.11 Å². The first-order valence-electron chi connectivity index (χ1n) is 6.69. The molecule has 2 aromatic rings. The number of carbonyl (C=O) groups is 1. The maximum atomic E-state index is 12.2. The van der Waals surface area contributed by atoms with Gasteiger partial charge in [-0.05, 0) is 53.7 Å². The minimum atomic E-state index is -0.725. The summed E-state index contributed by atoms with van der Waals surface area (Å²) in [6.07, 6.45) is 2.73. The number of para-hydroxylation sites is 1. The molecule has 2 N–H and O–H groups in total. The summed E-state index contributed by atoms with van der Waals surface area (Å²) in [5.74, 6) is -0.989. The highest BCUT2D eigenvalue weighted by molar-refractivity contribution is 9.10. The molecule has 20 heavy (non-hydrogen) atoms. The van der Waals surface area contributed by atoms with E-state index in [1.807, 2.05) is 18.2 Å². The average molecular weight is 339 g/mol. The third-order valence-electron chi connectivity index (χ3n) is 4.11. The molecule has 106 valence electrons. The molecule has 0 atom stereocenters. The SMILES string of the molecule is O=c1[nH]c2c(Br)cccc2n1[C@H]1CC[C@@H](C(=O)O)CC1. The van der Waals surface area contributed by atoms with Crippen LogP contribution in [0.5, 0.6) is 0 Å². The van der Waals surface area contributed by atoms with Gasteiger partial charge in [0.1, 0.15) is 0 Å². The molecule has 6 heteroatoms. The van der Waals surface area contributed by atoms with Crippen molar-refractivity contribution in [1.29, 1.82) is 0 Å². The zero-order valence-electron chi connectivity index (χ0n) is 10.8. The Morgan fingerprint density at radius 2 is 2.00 bits per heavy atom. The normalized spacial score (nSPS) is 23.1. The average Bonchev–Trinajstić information content (AvgIpc) is 2.77. The van der Waals surface area contributed by atoms with Crippen LogP contribution in [-0.2, 0) is 4.79 Å². The Hall–Kier alpha value is -1.56. The number of carboxylic acid groups (broad SMARTS) is 1. The molecule has 1 aromatic heterocycles. The number of aliphatic carboxylic acids is 1. The number of nitrogens with zero attached hydrogens (tertiary/aromatic N) is 1. The molecule has 1 aromatic carbocycles. The first-order chi connectivity index (χ1) is 9.58. The topological polar surface area (TPSA) is 75.1 Å². The van der Waals surface area contributed by atoms with Crippen molar-refractivity contribution in [1.82, 2.24) is 9.55 Å². The van der Waals surface area contributed by atoms with E-state index in [0.29, 0.717) is 12.8 Å². The summed E-state index contributed by atoms with van der Waals surface area (Å²) in [6, 6.07) is 5.80. The number of nitrogens with one attached hydrogen (secondary N) is 1. The second-order valence-electron chi connectivity index (χ2n) is 5.28. The second kappa shape index (κ2) is 5.09. The molecule has 0 saturated heterocycles. The molecular weight excluding hydrogens is 324 g/mol. The number of aromatic nitrogens is 2. The van der Waals surface area contributed by atoms with Crippen LogP contribution in [-0.4, -0.2) is 20.6 Å². The van der Waals surface area contributed by atoms with Crippen LogP contribution < -0.4 is 5.69 Å².